The van der Waals surface area contributed by atoms with Gasteiger partial charge in [-0.3, -0.25) is 4.90 Å². The van der Waals surface area contributed by atoms with E-state index in [1.54, 1.807) is 0 Å². The first-order valence-corrected chi connectivity index (χ1v) is 6.74. The average Bonchev–Trinajstić information content (AvgIpc) is 2.26. The largest absolute Gasteiger partial charge is 0.301 e. The highest BCUT2D eigenvalue weighted by molar-refractivity contribution is 4.78. The van der Waals surface area contributed by atoms with Gasteiger partial charge in [0.1, 0.15) is 0 Å². The van der Waals surface area contributed by atoms with Crippen LogP contribution in [0.25, 0.3) is 0 Å². The lowest BCUT2D eigenvalue weighted by molar-refractivity contribution is 0.0838. The number of rotatable bonds is 4. The summed E-state index contributed by atoms with van der Waals surface area (Å²) in [5.74, 6) is 0. The molecule has 0 aromatic heterocycles. The zero-order valence-corrected chi connectivity index (χ0v) is 11.4. The first-order chi connectivity index (χ1) is 7.27. The van der Waals surface area contributed by atoms with Gasteiger partial charge in [-0.05, 0) is 32.9 Å². The Morgan fingerprint density at radius 1 is 1.00 bits per heavy atom. The van der Waals surface area contributed by atoms with E-state index in [1.165, 1.54) is 45.6 Å². The number of hydrogen-bond acceptors (Lipinski definition) is 2. The molecule has 1 aliphatic rings. The molecule has 1 rings (SSSR count). The van der Waals surface area contributed by atoms with Crippen molar-refractivity contribution in [3.8, 4) is 0 Å². The predicted octanol–water partition coefficient (Wildman–Crippen LogP) is 2.84. The molecule has 0 aliphatic carbocycles. The first-order valence-electron chi connectivity index (χ1n) is 6.74. The van der Waals surface area contributed by atoms with Gasteiger partial charge in [0.15, 0.2) is 0 Å². The van der Waals surface area contributed by atoms with Crippen LogP contribution in [0.1, 0.15) is 47.5 Å². The van der Waals surface area contributed by atoms with Crippen LogP contribution in [0.3, 0.4) is 0 Å². The minimum Gasteiger partial charge on any atom is -0.301 e. The Kier molecular flexibility index (Phi) is 9.12. The van der Waals surface area contributed by atoms with Crippen LogP contribution in [0.5, 0.6) is 0 Å². The van der Waals surface area contributed by atoms with E-state index >= 15 is 0 Å². The maximum absolute atomic E-state index is 2.62. The first kappa shape index (κ1) is 14.9. The highest BCUT2D eigenvalue weighted by Gasteiger charge is 2.21. The minimum atomic E-state index is 0.764. The normalized spacial score (nSPS) is 23.4. The smallest absolute Gasteiger partial charge is 0.0195 e. The van der Waals surface area contributed by atoms with E-state index in [2.05, 4.69) is 30.6 Å². The molecule has 0 saturated carbocycles. The SMILES string of the molecule is CC.CCCN1CCN(CCC)C(C)C1. The summed E-state index contributed by atoms with van der Waals surface area (Å²) in [5.41, 5.74) is 0. The van der Waals surface area contributed by atoms with Gasteiger partial charge in [-0.15, -0.1) is 0 Å². The van der Waals surface area contributed by atoms with Gasteiger partial charge in [-0.2, -0.15) is 0 Å². The van der Waals surface area contributed by atoms with Gasteiger partial charge in [0.2, 0.25) is 0 Å². The quantitative estimate of drug-likeness (QED) is 0.710. The molecule has 1 aliphatic heterocycles. The second kappa shape index (κ2) is 9.17. The Labute approximate surface area is 96.6 Å². The van der Waals surface area contributed by atoms with Crippen LogP contribution in [0.2, 0.25) is 0 Å². The Hall–Kier alpha value is -0.0800. The third-order valence-corrected chi connectivity index (χ3v) is 2.90. The van der Waals surface area contributed by atoms with Gasteiger partial charge in [-0.25, -0.2) is 0 Å². The molecule has 2 nitrogen and oxygen atoms in total. The van der Waals surface area contributed by atoms with Crippen molar-refractivity contribution in [2.45, 2.75) is 53.5 Å². The maximum atomic E-state index is 2.62. The molecule has 92 valence electrons. The molecule has 0 bridgehead atoms. The van der Waals surface area contributed by atoms with Crippen molar-refractivity contribution in [2.24, 2.45) is 0 Å². The van der Waals surface area contributed by atoms with E-state index in [1.807, 2.05) is 13.8 Å². The Bertz CT molecular complexity index is 136. The van der Waals surface area contributed by atoms with Crippen LogP contribution < -0.4 is 0 Å². The molecule has 1 atom stereocenters. The summed E-state index contributed by atoms with van der Waals surface area (Å²) in [6.07, 6.45) is 2.58. The van der Waals surface area contributed by atoms with Crippen LogP contribution >= 0.6 is 0 Å². The van der Waals surface area contributed by atoms with E-state index in [9.17, 15) is 0 Å². The van der Waals surface area contributed by atoms with E-state index in [0.29, 0.717) is 0 Å². The highest BCUT2D eigenvalue weighted by atomic mass is 15.3. The molecule has 1 heterocycles. The molecule has 2 heteroatoms. The van der Waals surface area contributed by atoms with Crippen LogP contribution in [0.15, 0.2) is 0 Å². The fourth-order valence-electron chi connectivity index (χ4n) is 2.21. The summed E-state index contributed by atoms with van der Waals surface area (Å²) >= 11 is 0. The van der Waals surface area contributed by atoms with Crippen LogP contribution in [0, 0.1) is 0 Å². The summed E-state index contributed by atoms with van der Waals surface area (Å²) in [4.78, 5) is 5.21. The zero-order chi connectivity index (χ0) is 11.7. The van der Waals surface area contributed by atoms with Crippen LogP contribution in [-0.4, -0.2) is 48.6 Å². The monoisotopic (exact) mass is 214 g/mol. The molecule has 0 aromatic rings. The van der Waals surface area contributed by atoms with Gasteiger partial charge >= 0.3 is 0 Å². The van der Waals surface area contributed by atoms with Gasteiger partial charge in [0, 0.05) is 25.7 Å². The van der Waals surface area contributed by atoms with Crippen LogP contribution in [0.4, 0.5) is 0 Å². The molecule has 0 aromatic carbocycles. The second-order valence-electron chi connectivity index (χ2n) is 4.19. The highest BCUT2D eigenvalue weighted by Crippen LogP contribution is 2.09. The maximum Gasteiger partial charge on any atom is 0.0195 e. The van der Waals surface area contributed by atoms with Crippen LogP contribution in [-0.2, 0) is 0 Å². The molecule has 0 radical (unpaired) electrons. The van der Waals surface area contributed by atoms with Gasteiger partial charge in [-0.1, -0.05) is 27.7 Å². The Morgan fingerprint density at radius 3 is 2.07 bits per heavy atom. The van der Waals surface area contributed by atoms with Gasteiger partial charge in [0.25, 0.3) is 0 Å². The third kappa shape index (κ3) is 5.53. The van der Waals surface area contributed by atoms with E-state index < -0.39 is 0 Å². The van der Waals surface area contributed by atoms with E-state index in [-0.39, 0.29) is 0 Å². The Balaban J connectivity index is 0.000000921. The molecule has 15 heavy (non-hydrogen) atoms. The summed E-state index contributed by atoms with van der Waals surface area (Å²) < 4.78 is 0. The van der Waals surface area contributed by atoms with Crippen molar-refractivity contribution >= 4 is 0 Å². The lowest BCUT2D eigenvalue weighted by Crippen LogP contribution is -2.51. The summed E-state index contributed by atoms with van der Waals surface area (Å²) in [7, 11) is 0. The fraction of sp³-hybridized carbons (Fsp3) is 1.00. The lowest BCUT2D eigenvalue weighted by atomic mass is 10.2. The standard InChI is InChI=1S/C11H24N2.C2H6/c1-4-6-12-8-9-13(7-5-2)11(3)10-12;1-2/h11H,4-10H2,1-3H3;1-2H3. The molecule has 1 unspecified atom stereocenters. The molecular formula is C13H30N2. The molecule has 0 spiro atoms. The average molecular weight is 214 g/mol. The van der Waals surface area contributed by atoms with E-state index in [0.717, 1.165) is 6.04 Å². The molecule has 0 amide bonds. The second-order valence-corrected chi connectivity index (χ2v) is 4.19. The topological polar surface area (TPSA) is 6.48 Å². The third-order valence-electron chi connectivity index (χ3n) is 2.90. The van der Waals surface area contributed by atoms with Crippen molar-refractivity contribution < 1.29 is 0 Å². The minimum absolute atomic E-state index is 0.764. The fourth-order valence-corrected chi connectivity index (χ4v) is 2.21. The number of piperazine rings is 1. The van der Waals surface area contributed by atoms with E-state index in [4.69, 9.17) is 0 Å². The van der Waals surface area contributed by atoms with Crippen molar-refractivity contribution in [3.05, 3.63) is 0 Å². The molecule has 0 N–H and O–H groups in total. The van der Waals surface area contributed by atoms with Crippen molar-refractivity contribution in [1.29, 1.82) is 0 Å². The molecule has 1 fully saturated rings. The summed E-state index contributed by atoms with van der Waals surface area (Å²) in [6.45, 7) is 17.3. The molecule has 1 saturated heterocycles. The lowest BCUT2D eigenvalue weighted by Gasteiger charge is -2.39. The van der Waals surface area contributed by atoms with Gasteiger partial charge in [0.05, 0.1) is 0 Å². The number of hydrogen-bond donors (Lipinski definition) is 0. The van der Waals surface area contributed by atoms with Gasteiger partial charge < -0.3 is 4.90 Å². The zero-order valence-electron chi connectivity index (χ0n) is 11.4. The predicted molar refractivity (Wildman–Crippen MR) is 69.4 cm³/mol. The Morgan fingerprint density at radius 2 is 1.60 bits per heavy atom. The van der Waals surface area contributed by atoms with Crippen molar-refractivity contribution in [2.75, 3.05) is 32.7 Å². The molecular weight excluding hydrogens is 184 g/mol. The van der Waals surface area contributed by atoms with Crippen molar-refractivity contribution in [3.63, 3.8) is 0 Å². The summed E-state index contributed by atoms with van der Waals surface area (Å²) in [5, 5.41) is 0. The van der Waals surface area contributed by atoms with Crippen molar-refractivity contribution in [1.82, 2.24) is 9.80 Å². The number of nitrogens with zero attached hydrogens (tertiary/aromatic N) is 2. The summed E-state index contributed by atoms with van der Waals surface area (Å²) in [6, 6.07) is 0.764.